The lowest BCUT2D eigenvalue weighted by Gasteiger charge is -2.15. The fourth-order valence-corrected chi connectivity index (χ4v) is 4.47. The van der Waals surface area contributed by atoms with Gasteiger partial charge in [-0.1, -0.05) is 35.9 Å². The summed E-state index contributed by atoms with van der Waals surface area (Å²) in [6, 6.07) is 16.9. The van der Waals surface area contributed by atoms with Crippen LogP contribution >= 0.6 is 27.5 Å². The first-order chi connectivity index (χ1) is 18.8. The van der Waals surface area contributed by atoms with Crippen molar-refractivity contribution in [2.24, 2.45) is 0 Å². The summed E-state index contributed by atoms with van der Waals surface area (Å²) >= 11 is 9.47. The van der Waals surface area contributed by atoms with Crippen LogP contribution in [-0.2, 0) is 16.2 Å². The van der Waals surface area contributed by atoms with Crippen molar-refractivity contribution in [3.8, 4) is 17.2 Å². The second-order valence-corrected chi connectivity index (χ2v) is 9.60. The number of nitrogens with zero attached hydrogens (tertiary/aromatic N) is 1. The van der Waals surface area contributed by atoms with Crippen LogP contribution in [0.2, 0.25) is 5.02 Å². The van der Waals surface area contributed by atoms with E-state index < -0.39 is 24.4 Å². The molecule has 0 unspecified atom stereocenters. The molecule has 1 saturated heterocycles. The van der Waals surface area contributed by atoms with E-state index in [0.717, 1.165) is 10.5 Å². The molecule has 0 bridgehead atoms. The summed E-state index contributed by atoms with van der Waals surface area (Å²) < 4.78 is 17.6. The fourth-order valence-electron chi connectivity index (χ4n) is 3.77. The van der Waals surface area contributed by atoms with Gasteiger partial charge in [0.05, 0.1) is 23.9 Å². The number of rotatable bonds is 10. The number of benzene rings is 3. The van der Waals surface area contributed by atoms with Gasteiger partial charge in [0, 0.05) is 5.02 Å². The second kappa shape index (κ2) is 12.7. The molecule has 9 nitrogen and oxygen atoms in total. The highest BCUT2D eigenvalue weighted by Gasteiger charge is 2.35. The van der Waals surface area contributed by atoms with Crippen LogP contribution in [0.1, 0.15) is 18.1 Å². The number of carbonyl (C=O) groups is 3. The summed E-state index contributed by atoms with van der Waals surface area (Å²) in [5, 5.41) is 5.82. The van der Waals surface area contributed by atoms with E-state index in [-0.39, 0.29) is 12.3 Å². The molecule has 0 radical (unpaired) electrons. The van der Waals surface area contributed by atoms with Crippen LogP contribution in [0.15, 0.2) is 70.8 Å². The molecular weight excluding hydrogens is 590 g/mol. The molecule has 0 atom stereocenters. The Bertz CT molecular complexity index is 1430. The summed E-state index contributed by atoms with van der Waals surface area (Å²) in [7, 11) is 1.48. The zero-order chi connectivity index (χ0) is 27.9. The maximum absolute atomic E-state index is 13.0. The number of para-hydroxylation sites is 2. The molecular formula is C28H25BrClN3O6. The number of imide groups is 1. The zero-order valence-electron chi connectivity index (χ0n) is 21.1. The Morgan fingerprint density at radius 1 is 1.08 bits per heavy atom. The number of carbonyl (C=O) groups excluding carboxylic acids is 3. The van der Waals surface area contributed by atoms with E-state index >= 15 is 0 Å². The fraction of sp³-hybridized carbons (Fsp3) is 0.179. The molecule has 0 saturated carbocycles. The molecule has 1 aliphatic rings. The van der Waals surface area contributed by atoms with E-state index in [4.69, 9.17) is 25.8 Å². The van der Waals surface area contributed by atoms with Gasteiger partial charge in [0.15, 0.2) is 11.5 Å². The van der Waals surface area contributed by atoms with Gasteiger partial charge in [-0.25, -0.2) is 9.69 Å². The van der Waals surface area contributed by atoms with Crippen molar-refractivity contribution in [2.45, 2.75) is 13.5 Å². The smallest absolute Gasteiger partial charge is 0.329 e. The molecule has 1 heterocycles. The minimum Gasteiger partial charge on any atom is -0.495 e. The molecule has 0 aromatic heterocycles. The molecule has 3 aromatic carbocycles. The summed E-state index contributed by atoms with van der Waals surface area (Å²) in [5.74, 6) is 0.225. The van der Waals surface area contributed by atoms with Crippen molar-refractivity contribution in [3.05, 3.63) is 87.0 Å². The molecule has 3 aromatic rings. The van der Waals surface area contributed by atoms with Crippen molar-refractivity contribution in [2.75, 3.05) is 25.6 Å². The monoisotopic (exact) mass is 613 g/mol. The van der Waals surface area contributed by atoms with Gasteiger partial charge < -0.3 is 24.8 Å². The van der Waals surface area contributed by atoms with Gasteiger partial charge in [0.1, 0.15) is 24.6 Å². The third-order valence-electron chi connectivity index (χ3n) is 5.58. The lowest BCUT2D eigenvalue weighted by Crippen LogP contribution is -2.38. The molecule has 2 N–H and O–H groups in total. The van der Waals surface area contributed by atoms with Crippen LogP contribution < -0.4 is 24.8 Å². The van der Waals surface area contributed by atoms with E-state index in [1.807, 2.05) is 19.1 Å². The first-order valence-corrected chi connectivity index (χ1v) is 13.1. The number of urea groups is 1. The Hall–Kier alpha value is -4.02. The van der Waals surface area contributed by atoms with Crippen LogP contribution in [0, 0.1) is 0 Å². The highest BCUT2D eigenvalue weighted by molar-refractivity contribution is 9.10. The van der Waals surface area contributed by atoms with Crippen LogP contribution in [0.5, 0.6) is 17.2 Å². The lowest BCUT2D eigenvalue weighted by molar-refractivity contribution is -0.127. The Morgan fingerprint density at radius 3 is 2.54 bits per heavy atom. The standard InChI is InChI=1S/C28H25BrClN3O6/c1-3-38-24-14-18(12-20(29)26(24)39-16-17-8-10-19(30)11-9-17)13-22-27(35)33(28(36)32-22)15-25(34)31-21-6-4-5-7-23(21)37-2/h4-14H,3,15-16H2,1-2H3,(H,31,34)(H,32,36)/b22-13+. The van der Waals surface area contributed by atoms with Crippen molar-refractivity contribution in [1.82, 2.24) is 10.2 Å². The predicted octanol–water partition coefficient (Wildman–Crippen LogP) is 5.62. The van der Waals surface area contributed by atoms with Crippen LogP contribution in [0.25, 0.3) is 6.08 Å². The van der Waals surface area contributed by atoms with E-state index in [2.05, 4.69) is 26.6 Å². The number of amides is 4. The average Bonchev–Trinajstić information content (AvgIpc) is 3.16. The molecule has 1 fully saturated rings. The molecule has 4 amide bonds. The molecule has 39 heavy (non-hydrogen) atoms. The molecule has 4 rings (SSSR count). The Kier molecular flexibility index (Phi) is 9.11. The molecule has 0 aliphatic carbocycles. The summed E-state index contributed by atoms with van der Waals surface area (Å²) in [6.07, 6.45) is 1.51. The quantitative estimate of drug-likeness (QED) is 0.227. The Morgan fingerprint density at radius 2 is 1.82 bits per heavy atom. The van der Waals surface area contributed by atoms with Crippen molar-refractivity contribution < 1.29 is 28.6 Å². The maximum Gasteiger partial charge on any atom is 0.329 e. The van der Waals surface area contributed by atoms with Crippen molar-refractivity contribution >= 4 is 57.1 Å². The van der Waals surface area contributed by atoms with Gasteiger partial charge >= 0.3 is 6.03 Å². The normalized spacial score (nSPS) is 13.8. The number of methoxy groups -OCH3 is 1. The number of anilines is 1. The molecule has 0 spiro atoms. The topological polar surface area (TPSA) is 106 Å². The minimum atomic E-state index is -0.701. The first-order valence-electron chi connectivity index (χ1n) is 11.9. The third-order valence-corrected chi connectivity index (χ3v) is 6.43. The van der Waals surface area contributed by atoms with Crippen molar-refractivity contribution in [1.29, 1.82) is 0 Å². The molecule has 1 aliphatic heterocycles. The average molecular weight is 615 g/mol. The largest absolute Gasteiger partial charge is 0.495 e. The van der Waals surface area contributed by atoms with E-state index in [1.54, 1.807) is 48.5 Å². The molecule has 11 heteroatoms. The van der Waals surface area contributed by atoms with Gasteiger partial charge in [0.2, 0.25) is 5.91 Å². The van der Waals surface area contributed by atoms with Crippen molar-refractivity contribution in [3.63, 3.8) is 0 Å². The first kappa shape index (κ1) is 28.0. The van der Waals surface area contributed by atoms with Gasteiger partial charge in [-0.15, -0.1) is 0 Å². The van der Waals surface area contributed by atoms with Crippen LogP contribution in [-0.4, -0.2) is 43.0 Å². The number of hydrogen-bond acceptors (Lipinski definition) is 6. The van der Waals surface area contributed by atoms with E-state index in [0.29, 0.717) is 44.6 Å². The maximum atomic E-state index is 13.0. The Labute approximate surface area is 238 Å². The number of ether oxygens (including phenoxy) is 3. The zero-order valence-corrected chi connectivity index (χ0v) is 23.5. The number of halogens is 2. The summed E-state index contributed by atoms with van der Waals surface area (Å²) in [6.45, 7) is 2.05. The van der Waals surface area contributed by atoms with E-state index in [9.17, 15) is 14.4 Å². The second-order valence-electron chi connectivity index (χ2n) is 8.31. The van der Waals surface area contributed by atoms with Gasteiger partial charge in [0.25, 0.3) is 5.91 Å². The lowest BCUT2D eigenvalue weighted by atomic mass is 10.1. The number of hydrogen-bond donors (Lipinski definition) is 2. The Balaban J connectivity index is 1.49. The highest BCUT2D eigenvalue weighted by atomic mass is 79.9. The van der Waals surface area contributed by atoms with Gasteiger partial charge in [-0.3, -0.25) is 9.59 Å². The highest BCUT2D eigenvalue weighted by Crippen LogP contribution is 2.38. The van der Waals surface area contributed by atoms with Gasteiger partial charge in [-0.2, -0.15) is 0 Å². The summed E-state index contributed by atoms with van der Waals surface area (Å²) in [4.78, 5) is 38.9. The van der Waals surface area contributed by atoms with Crippen LogP contribution in [0.4, 0.5) is 10.5 Å². The van der Waals surface area contributed by atoms with Gasteiger partial charge in [-0.05, 0) is 76.5 Å². The van der Waals surface area contributed by atoms with E-state index in [1.165, 1.54) is 13.2 Å². The minimum absolute atomic E-state index is 0.0225. The third kappa shape index (κ3) is 6.90. The predicted molar refractivity (Wildman–Crippen MR) is 151 cm³/mol. The summed E-state index contributed by atoms with van der Waals surface area (Å²) in [5.41, 5.74) is 1.95. The SMILES string of the molecule is CCOc1cc(/C=C2/NC(=O)N(CC(=O)Nc3ccccc3OC)C2=O)cc(Br)c1OCc1ccc(Cl)cc1. The number of nitrogens with one attached hydrogen (secondary N) is 2. The van der Waals surface area contributed by atoms with Crippen LogP contribution in [0.3, 0.4) is 0 Å². The molecule has 202 valence electrons.